The van der Waals surface area contributed by atoms with Gasteiger partial charge in [-0.2, -0.15) is 13.2 Å². The lowest BCUT2D eigenvalue weighted by Gasteiger charge is -2.18. The van der Waals surface area contributed by atoms with Crippen molar-refractivity contribution in [1.82, 2.24) is 10.4 Å². The molecule has 1 aromatic rings. The molecule has 0 aliphatic rings. The van der Waals surface area contributed by atoms with E-state index in [0.29, 0.717) is 6.42 Å². The Hall–Kier alpha value is -1.14. The minimum Gasteiger partial charge on any atom is -0.271 e. The second kappa shape index (κ2) is 5.97. The number of rotatable bonds is 5. The maximum atomic E-state index is 12.0. The van der Waals surface area contributed by atoms with Crippen LogP contribution in [0, 0.1) is 6.92 Å². The molecule has 1 unspecified atom stereocenters. The molecule has 0 saturated heterocycles. The summed E-state index contributed by atoms with van der Waals surface area (Å²) in [6.45, 7) is 1.81. The molecule has 1 aromatic heterocycles. The summed E-state index contributed by atoms with van der Waals surface area (Å²) in [5, 5.41) is 0. The van der Waals surface area contributed by atoms with E-state index in [0.717, 1.165) is 11.3 Å². The molecule has 0 saturated carbocycles. The zero-order chi connectivity index (χ0) is 12.9. The van der Waals surface area contributed by atoms with Gasteiger partial charge in [-0.3, -0.25) is 16.3 Å². The molecular weight excluding hydrogens is 231 g/mol. The van der Waals surface area contributed by atoms with Crippen LogP contribution in [0.5, 0.6) is 0 Å². The molecule has 0 fully saturated rings. The van der Waals surface area contributed by atoms with Crippen LogP contribution in [0.15, 0.2) is 18.3 Å². The van der Waals surface area contributed by atoms with Crippen LogP contribution in [-0.4, -0.2) is 11.2 Å². The maximum absolute atomic E-state index is 12.0. The molecule has 3 nitrogen and oxygen atoms in total. The Morgan fingerprint density at radius 1 is 1.47 bits per heavy atom. The molecule has 0 radical (unpaired) electrons. The van der Waals surface area contributed by atoms with Crippen LogP contribution in [0.4, 0.5) is 13.2 Å². The number of aromatic nitrogens is 1. The van der Waals surface area contributed by atoms with Gasteiger partial charge in [-0.25, -0.2) is 0 Å². The first-order valence-corrected chi connectivity index (χ1v) is 5.38. The first-order valence-electron chi connectivity index (χ1n) is 5.38. The van der Waals surface area contributed by atoms with Crippen molar-refractivity contribution in [1.29, 1.82) is 0 Å². The number of nitrogens with two attached hydrogens (primary N) is 1. The van der Waals surface area contributed by atoms with E-state index < -0.39 is 12.6 Å². The van der Waals surface area contributed by atoms with Gasteiger partial charge in [0.1, 0.15) is 0 Å². The van der Waals surface area contributed by atoms with Gasteiger partial charge in [-0.1, -0.05) is 6.07 Å². The van der Waals surface area contributed by atoms with Gasteiger partial charge in [0.05, 0.1) is 0 Å². The summed E-state index contributed by atoms with van der Waals surface area (Å²) >= 11 is 0. The smallest absolute Gasteiger partial charge is 0.271 e. The fraction of sp³-hybridized carbons (Fsp3) is 0.545. The van der Waals surface area contributed by atoms with Gasteiger partial charge in [0.15, 0.2) is 0 Å². The molecule has 17 heavy (non-hydrogen) atoms. The van der Waals surface area contributed by atoms with E-state index in [1.165, 1.54) is 0 Å². The number of aryl methyl sites for hydroxylation is 1. The standard InChI is InChI=1S/C11H16F3N3/c1-8-9(4-3-7-16-8)10(17-15)5-2-6-11(12,13)14/h3-4,7,10,17H,2,5-6,15H2,1H3. The second-order valence-corrected chi connectivity index (χ2v) is 3.90. The lowest BCUT2D eigenvalue weighted by Crippen LogP contribution is -2.29. The van der Waals surface area contributed by atoms with Gasteiger partial charge >= 0.3 is 6.18 Å². The van der Waals surface area contributed by atoms with Crippen molar-refractivity contribution in [2.45, 2.75) is 38.4 Å². The first-order chi connectivity index (χ1) is 7.94. The molecule has 1 atom stereocenters. The average Bonchev–Trinajstić information content (AvgIpc) is 2.24. The largest absolute Gasteiger partial charge is 0.389 e. The van der Waals surface area contributed by atoms with Crippen LogP contribution < -0.4 is 11.3 Å². The average molecular weight is 247 g/mol. The number of hydrogen-bond acceptors (Lipinski definition) is 3. The summed E-state index contributed by atoms with van der Waals surface area (Å²) in [5.41, 5.74) is 4.16. The van der Waals surface area contributed by atoms with Crippen LogP contribution in [-0.2, 0) is 0 Å². The molecule has 1 rings (SSSR count). The minimum atomic E-state index is -4.11. The topological polar surface area (TPSA) is 50.9 Å². The van der Waals surface area contributed by atoms with Gasteiger partial charge in [0.25, 0.3) is 0 Å². The number of pyridine rings is 1. The predicted molar refractivity (Wildman–Crippen MR) is 58.9 cm³/mol. The molecule has 3 N–H and O–H groups in total. The highest BCUT2D eigenvalue weighted by Gasteiger charge is 2.27. The SMILES string of the molecule is Cc1ncccc1C(CCCC(F)(F)F)NN. The predicted octanol–water partition coefficient (Wildman–Crippen LogP) is 2.63. The Bertz CT molecular complexity index is 352. The van der Waals surface area contributed by atoms with Crippen molar-refractivity contribution in [2.75, 3.05) is 0 Å². The number of hydrogen-bond donors (Lipinski definition) is 2. The number of alkyl halides is 3. The molecule has 1 heterocycles. The van der Waals surface area contributed by atoms with Crippen LogP contribution in [0.3, 0.4) is 0 Å². The number of hydrazine groups is 1. The summed E-state index contributed by atoms with van der Waals surface area (Å²) in [5.74, 6) is 5.36. The van der Waals surface area contributed by atoms with Crippen molar-refractivity contribution < 1.29 is 13.2 Å². The van der Waals surface area contributed by atoms with Gasteiger partial charge in [-0.15, -0.1) is 0 Å². The van der Waals surface area contributed by atoms with Crippen molar-refractivity contribution in [3.05, 3.63) is 29.6 Å². The molecule has 6 heteroatoms. The number of nitrogens with one attached hydrogen (secondary N) is 1. The summed E-state index contributed by atoms with van der Waals surface area (Å²) in [6.07, 6.45) is -2.87. The maximum Gasteiger partial charge on any atom is 0.389 e. The first kappa shape index (κ1) is 13.9. The Balaban J connectivity index is 2.58. The highest BCUT2D eigenvalue weighted by Crippen LogP contribution is 2.26. The highest BCUT2D eigenvalue weighted by atomic mass is 19.4. The van der Waals surface area contributed by atoms with Gasteiger partial charge in [0, 0.05) is 24.4 Å². The van der Waals surface area contributed by atoms with Crippen LogP contribution in [0.2, 0.25) is 0 Å². The highest BCUT2D eigenvalue weighted by molar-refractivity contribution is 5.22. The van der Waals surface area contributed by atoms with Gasteiger partial charge in [-0.05, 0) is 31.4 Å². The molecule has 0 aromatic carbocycles. The fourth-order valence-electron chi connectivity index (χ4n) is 1.70. The van der Waals surface area contributed by atoms with E-state index in [4.69, 9.17) is 5.84 Å². The third-order valence-electron chi connectivity index (χ3n) is 2.58. The minimum absolute atomic E-state index is 0.0483. The third-order valence-corrected chi connectivity index (χ3v) is 2.58. The van der Waals surface area contributed by atoms with E-state index in [2.05, 4.69) is 10.4 Å². The molecule has 0 spiro atoms. The fourth-order valence-corrected chi connectivity index (χ4v) is 1.70. The van der Waals surface area contributed by atoms with Crippen LogP contribution in [0.25, 0.3) is 0 Å². The second-order valence-electron chi connectivity index (χ2n) is 3.90. The van der Waals surface area contributed by atoms with E-state index in [9.17, 15) is 13.2 Å². The summed E-state index contributed by atoms with van der Waals surface area (Å²) in [7, 11) is 0. The normalized spacial score (nSPS) is 13.7. The number of halogens is 3. The zero-order valence-corrected chi connectivity index (χ0v) is 9.59. The molecule has 0 bridgehead atoms. The van der Waals surface area contributed by atoms with Gasteiger partial charge < -0.3 is 0 Å². The Labute approximate surface area is 98.2 Å². The lowest BCUT2D eigenvalue weighted by atomic mass is 10.0. The molecule has 96 valence electrons. The molecular formula is C11H16F3N3. The van der Waals surface area contributed by atoms with Crippen molar-refractivity contribution in [3.63, 3.8) is 0 Å². The van der Waals surface area contributed by atoms with Crippen molar-refractivity contribution >= 4 is 0 Å². The van der Waals surface area contributed by atoms with E-state index in [-0.39, 0.29) is 12.5 Å². The summed E-state index contributed by atoms with van der Waals surface area (Å²) in [4.78, 5) is 4.09. The monoisotopic (exact) mass is 247 g/mol. The van der Waals surface area contributed by atoms with Crippen LogP contribution >= 0.6 is 0 Å². The lowest BCUT2D eigenvalue weighted by molar-refractivity contribution is -0.135. The van der Waals surface area contributed by atoms with E-state index in [1.54, 1.807) is 12.3 Å². The van der Waals surface area contributed by atoms with Crippen molar-refractivity contribution in [3.8, 4) is 0 Å². The van der Waals surface area contributed by atoms with E-state index in [1.807, 2.05) is 13.0 Å². The molecule has 0 aliphatic carbocycles. The molecule has 0 amide bonds. The quantitative estimate of drug-likeness (QED) is 0.621. The van der Waals surface area contributed by atoms with Gasteiger partial charge in [0.2, 0.25) is 0 Å². The third kappa shape index (κ3) is 4.70. The molecule has 0 aliphatic heterocycles. The zero-order valence-electron chi connectivity index (χ0n) is 9.59. The summed E-state index contributed by atoms with van der Waals surface area (Å²) < 4.78 is 36.1. The summed E-state index contributed by atoms with van der Waals surface area (Å²) in [6, 6.07) is 3.28. The van der Waals surface area contributed by atoms with E-state index >= 15 is 0 Å². The Kier molecular flexibility index (Phi) is 4.89. The Morgan fingerprint density at radius 3 is 2.71 bits per heavy atom. The van der Waals surface area contributed by atoms with Crippen molar-refractivity contribution in [2.24, 2.45) is 5.84 Å². The Morgan fingerprint density at radius 2 is 2.18 bits per heavy atom. The van der Waals surface area contributed by atoms with Crippen LogP contribution in [0.1, 0.15) is 36.6 Å². The number of nitrogens with zero attached hydrogens (tertiary/aromatic N) is 1.